The fourth-order valence-corrected chi connectivity index (χ4v) is 2.59. The van der Waals surface area contributed by atoms with Gasteiger partial charge >= 0.3 is 21.3 Å². The summed E-state index contributed by atoms with van der Waals surface area (Å²) < 4.78 is 64.2. The van der Waals surface area contributed by atoms with Crippen molar-refractivity contribution in [2.45, 2.75) is 30.9 Å². The first kappa shape index (κ1) is 17.3. The molecule has 0 aliphatic heterocycles. The smallest absolute Gasteiger partial charge is 0.460 e. The molecule has 0 aromatic rings. The minimum atomic E-state index is -5.80. The number of methoxy groups -OCH3 is 1. The van der Waals surface area contributed by atoms with E-state index in [9.17, 15) is 22.0 Å². The molecule has 9 heteroatoms. The highest BCUT2D eigenvalue weighted by Crippen LogP contribution is 2.30. The molecule has 0 heterocycles. The molecule has 0 amide bonds. The molecule has 0 saturated heterocycles. The van der Waals surface area contributed by atoms with Crippen LogP contribution in [-0.4, -0.2) is 44.5 Å². The number of alkyl halides is 2. The van der Waals surface area contributed by atoms with Crippen LogP contribution < -0.4 is 0 Å². The van der Waals surface area contributed by atoms with Crippen LogP contribution in [0.5, 0.6) is 0 Å². The lowest BCUT2D eigenvalue weighted by Gasteiger charge is -2.28. The second kappa shape index (κ2) is 6.77. The number of hydrogen-bond acceptors (Lipinski definition) is 5. The van der Waals surface area contributed by atoms with Crippen molar-refractivity contribution in [2.24, 2.45) is 11.8 Å². The zero-order valence-electron chi connectivity index (χ0n) is 11.0. The molecule has 1 rings (SSSR count). The Morgan fingerprint density at radius 2 is 1.85 bits per heavy atom. The van der Waals surface area contributed by atoms with Gasteiger partial charge in [-0.2, -0.15) is 17.2 Å². The molecular weight excluding hydrogens is 298 g/mol. The van der Waals surface area contributed by atoms with Crippen LogP contribution in [0.2, 0.25) is 0 Å². The number of halogens is 2. The molecule has 6 nitrogen and oxygen atoms in total. The van der Waals surface area contributed by atoms with E-state index in [0.717, 1.165) is 12.8 Å². The molecule has 1 aliphatic rings. The predicted molar refractivity (Wildman–Crippen MR) is 64.8 cm³/mol. The maximum Gasteiger partial charge on any atom is 0.465 e. The summed E-state index contributed by atoms with van der Waals surface area (Å²) in [7, 11) is -4.24. The molecule has 1 aliphatic carbocycles. The van der Waals surface area contributed by atoms with Crippen molar-refractivity contribution in [3.63, 3.8) is 0 Å². The van der Waals surface area contributed by atoms with Gasteiger partial charge in [0.25, 0.3) is 0 Å². The average molecular weight is 316 g/mol. The largest absolute Gasteiger partial charge is 0.465 e. The number of ether oxygens (including phenoxy) is 2. The van der Waals surface area contributed by atoms with Crippen LogP contribution in [0, 0.1) is 11.8 Å². The highest BCUT2D eigenvalue weighted by molar-refractivity contribution is 7.87. The van der Waals surface area contributed by atoms with Crippen LogP contribution in [0.3, 0.4) is 0 Å². The van der Waals surface area contributed by atoms with E-state index in [-0.39, 0.29) is 18.4 Å². The first-order valence-electron chi connectivity index (χ1n) is 6.19. The van der Waals surface area contributed by atoms with Gasteiger partial charge in [0.1, 0.15) is 0 Å². The quantitative estimate of drug-likeness (QED) is 0.589. The second-order valence-corrected chi connectivity index (χ2v) is 6.41. The first-order chi connectivity index (χ1) is 9.18. The molecular formula is C11H18F2O6S. The molecule has 0 bridgehead atoms. The first-order valence-corrected chi connectivity index (χ1v) is 7.63. The number of esters is 1. The third kappa shape index (κ3) is 4.35. The average Bonchev–Trinajstić information content (AvgIpc) is 2.35. The lowest BCUT2D eigenvalue weighted by atomic mass is 9.82. The van der Waals surface area contributed by atoms with Crippen molar-refractivity contribution in [1.29, 1.82) is 0 Å². The molecule has 1 N–H and O–H groups in total. The zero-order chi connectivity index (χ0) is 15.4. The van der Waals surface area contributed by atoms with Gasteiger partial charge in [-0.3, -0.25) is 4.55 Å². The van der Waals surface area contributed by atoms with Crippen LogP contribution in [0.1, 0.15) is 25.7 Å². The summed E-state index contributed by atoms with van der Waals surface area (Å²) >= 11 is 0. The molecule has 0 spiro atoms. The van der Waals surface area contributed by atoms with Gasteiger partial charge in [-0.1, -0.05) is 6.42 Å². The summed E-state index contributed by atoms with van der Waals surface area (Å²) in [5.74, 6) is -2.07. The van der Waals surface area contributed by atoms with Gasteiger partial charge in [-0.05, 0) is 31.1 Å². The Kier molecular flexibility index (Phi) is 5.84. The van der Waals surface area contributed by atoms with Crippen LogP contribution >= 0.6 is 0 Å². The number of rotatable bonds is 6. The lowest BCUT2D eigenvalue weighted by molar-refractivity contribution is -0.163. The van der Waals surface area contributed by atoms with Crippen LogP contribution in [0.4, 0.5) is 8.78 Å². The van der Waals surface area contributed by atoms with Gasteiger partial charge in [-0.15, -0.1) is 0 Å². The summed E-state index contributed by atoms with van der Waals surface area (Å²) in [5.41, 5.74) is 0. The van der Waals surface area contributed by atoms with Crippen LogP contribution in [-0.2, 0) is 24.4 Å². The molecule has 0 aromatic carbocycles. The summed E-state index contributed by atoms with van der Waals surface area (Å²) in [6.45, 7) is 0.260. The van der Waals surface area contributed by atoms with E-state index < -0.39 is 21.3 Å². The van der Waals surface area contributed by atoms with E-state index >= 15 is 0 Å². The van der Waals surface area contributed by atoms with Crippen LogP contribution in [0.25, 0.3) is 0 Å². The Labute approximate surface area is 116 Å². The van der Waals surface area contributed by atoms with Crippen molar-refractivity contribution in [2.75, 3.05) is 20.3 Å². The summed E-state index contributed by atoms with van der Waals surface area (Å²) in [6.07, 6.45) is 3.20. The Bertz CT molecular complexity index is 434. The Morgan fingerprint density at radius 1 is 1.30 bits per heavy atom. The third-order valence-corrected chi connectivity index (χ3v) is 4.12. The Morgan fingerprint density at radius 3 is 2.35 bits per heavy atom. The van der Waals surface area contributed by atoms with Crippen molar-refractivity contribution in [3.05, 3.63) is 0 Å². The molecule has 2 unspecified atom stereocenters. The number of carbonyl (C=O) groups is 1. The maximum atomic E-state index is 12.9. The monoisotopic (exact) mass is 316 g/mol. The molecule has 2 atom stereocenters. The highest BCUT2D eigenvalue weighted by Gasteiger charge is 2.54. The van der Waals surface area contributed by atoms with E-state index in [1.807, 2.05) is 0 Å². The van der Waals surface area contributed by atoms with E-state index in [4.69, 9.17) is 9.29 Å². The SMILES string of the molecule is COCC1CCCC(COC(=O)C(F)(F)S(=O)(=O)O)C1. The summed E-state index contributed by atoms with van der Waals surface area (Å²) in [6, 6.07) is 0. The predicted octanol–water partition coefficient (Wildman–Crippen LogP) is 1.46. The molecule has 1 saturated carbocycles. The van der Waals surface area contributed by atoms with E-state index in [0.29, 0.717) is 19.4 Å². The topological polar surface area (TPSA) is 89.9 Å². The fraction of sp³-hybridized carbons (Fsp3) is 0.909. The standard InChI is InChI=1S/C11H18F2O6S/c1-18-6-8-3-2-4-9(5-8)7-19-10(14)11(12,13)20(15,16)17/h8-9H,2-7H2,1H3,(H,15,16,17). The van der Waals surface area contributed by atoms with E-state index in [2.05, 4.69) is 4.74 Å². The number of hydrogen-bond donors (Lipinski definition) is 1. The Balaban J connectivity index is 2.49. The fourth-order valence-electron chi connectivity index (χ4n) is 2.32. The van der Waals surface area contributed by atoms with Crippen molar-refractivity contribution in [1.82, 2.24) is 0 Å². The molecule has 0 radical (unpaired) electrons. The summed E-state index contributed by atoms with van der Waals surface area (Å²) in [5, 5.41) is -4.92. The minimum Gasteiger partial charge on any atom is -0.460 e. The molecule has 118 valence electrons. The van der Waals surface area contributed by atoms with E-state index in [1.165, 1.54) is 0 Å². The van der Waals surface area contributed by atoms with E-state index in [1.54, 1.807) is 7.11 Å². The van der Waals surface area contributed by atoms with Gasteiger partial charge in [0.05, 0.1) is 6.61 Å². The lowest BCUT2D eigenvalue weighted by Crippen LogP contribution is -2.39. The maximum absolute atomic E-state index is 12.9. The van der Waals surface area contributed by atoms with Crippen molar-refractivity contribution >= 4 is 16.1 Å². The highest BCUT2D eigenvalue weighted by atomic mass is 32.2. The summed E-state index contributed by atoms with van der Waals surface area (Å²) in [4.78, 5) is 11.0. The molecule has 1 fully saturated rings. The van der Waals surface area contributed by atoms with Crippen molar-refractivity contribution in [3.8, 4) is 0 Å². The number of carbonyl (C=O) groups excluding carboxylic acids is 1. The van der Waals surface area contributed by atoms with Gasteiger partial charge in [0.15, 0.2) is 0 Å². The zero-order valence-corrected chi connectivity index (χ0v) is 11.9. The minimum absolute atomic E-state index is 0.106. The van der Waals surface area contributed by atoms with Gasteiger partial charge in [0.2, 0.25) is 0 Å². The van der Waals surface area contributed by atoms with Crippen LogP contribution in [0.15, 0.2) is 0 Å². The second-order valence-electron chi connectivity index (χ2n) is 4.94. The third-order valence-electron chi connectivity index (χ3n) is 3.31. The van der Waals surface area contributed by atoms with Gasteiger partial charge in [0, 0.05) is 13.7 Å². The normalized spacial score (nSPS) is 24.4. The molecule has 20 heavy (non-hydrogen) atoms. The van der Waals surface area contributed by atoms with Crippen molar-refractivity contribution < 1.29 is 36.0 Å². The molecule has 0 aromatic heterocycles. The van der Waals surface area contributed by atoms with Gasteiger partial charge in [-0.25, -0.2) is 4.79 Å². The van der Waals surface area contributed by atoms with Gasteiger partial charge < -0.3 is 9.47 Å². The Hall–Kier alpha value is -0.800.